The van der Waals surface area contributed by atoms with Crippen molar-refractivity contribution < 1.29 is 14.4 Å². The molecule has 2 aliphatic rings. The zero-order chi connectivity index (χ0) is 21.1. The lowest BCUT2D eigenvalue weighted by molar-refractivity contribution is -0.138. The Balaban J connectivity index is 1.88. The lowest BCUT2D eigenvalue weighted by atomic mass is 9.81. The number of rotatable bonds is 5. The van der Waals surface area contributed by atoms with Gasteiger partial charge in [0.25, 0.3) is 0 Å². The number of piperidine rings is 1. The predicted octanol–water partition coefficient (Wildman–Crippen LogP) is 2.36. The van der Waals surface area contributed by atoms with Gasteiger partial charge in [-0.05, 0) is 37.0 Å². The number of carbonyl (C=O) groups is 3. The molecule has 0 aromatic heterocycles. The monoisotopic (exact) mass is 394 g/mol. The molecule has 2 aliphatic heterocycles. The summed E-state index contributed by atoms with van der Waals surface area (Å²) in [5, 5.41) is 5.69. The molecule has 2 rings (SSSR count). The summed E-state index contributed by atoms with van der Waals surface area (Å²) < 4.78 is 0. The van der Waals surface area contributed by atoms with Crippen molar-refractivity contribution in [1.82, 2.24) is 20.4 Å². The van der Waals surface area contributed by atoms with E-state index in [0.29, 0.717) is 19.5 Å². The topological polar surface area (TPSA) is 81.8 Å². The lowest BCUT2D eigenvalue weighted by Crippen LogP contribution is -2.56. The van der Waals surface area contributed by atoms with Crippen LogP contribution in [-0.4, -0.2) is 65.9 Å². The van der Waals surface area contributed by atoms with E-state index < -0.39 is 0 Å². The van der Waals surface area contributed by atoms with Crippen molar-refractivity contribution in [3.8, 4) is 0 Å². The van der Waals surface area contributed by atoms with Gasteiger partial charge in [-0.3, -0.25) is 9.59 Å². The van der Waals surface area contributed by atoms with Crippen LogP contribution in [0.15, 0.2) is 0 Å². The third kappa shape index (κ3) is 6.11. The van der Waals surface area contributed by atoms with E-state index in [0.717, 1.165) is 25.8 Å². The molecule has 0 aromatic rings. The van der Waals surface area contributed by atoms with Crippen LogP contribution in [0.25, 0.3) is 0 Å². The van der Waals surface area contributed by atoms with Gasteiger partial charge in [0.2, 0.25) is 11.8 Å². The third-order valence-corrected chi connectivity index (χ3v) is 6.07. The van der Waals surface area contributed by atoms with Crippen LogP contribution in [0, 0.1) is 10.8 Å². The number of likely N-dealkylation sites (tertiary alicyclic amines) is 2. The van der Waals surface area contributed by atoms with Crippen LogP contribution in [-0.2, 0) is 9.59 Å². The third-order valence-electron chi connectivity index (χ3n) is 6.07. The average Bonchev–Trinajstić information content (AvgIpc) is 2.99. The van der Waals surface area contributed by atoms with Crippen molar-refractivity contribution >= 4 is 17.8 Å². The molecule has 0 spiro atoms. The van der Waals surface area contributed by atoms with Crippen molar-refractivity contribution in [3.05, 3.63) is 0 Å². The molecule has 4 amide bonds. The van der Waals surface area contributed by atoms with Crippen LogP contribution < -0.4 is 10.6 Å². The molecule has 7 nitrogen and oxygen atoms in total. The molecule has 2 N–H and O–H groups in total. The Hall–Kier alpha value is -1.79. The fourth-order valence-corrected chi connectivity index (χ4v) is 3.89. The summed E-state index contributed by atoms with van der Waals surface area (Å²) in [5.41, 5.74) is -0.166. The molecule has 28 heavy (non-hydrogen) atoms. The summed E-state index contributed by atoms with van der Waals surface area (Å²) in [5.74, 6) is 0.104. The van der Waals surface area contributed by atoms with Gasteiger partial charge in [-0.2, -0.15) is 0 Å². The highest BCUT2D eigenvalue weighted by Gasteiger charge is 2.35. The van der Waals surface area contributed by atoms with Crippen LogP contribution in [0.2, 0.25) is 0 Å². The number of carbonyl (C=O) groups excluding carboxylic acids is 3. The standard InChI is InChI=1S/C21H38N4O3/c1-15-8-7-10-25(15)18(27)13-22-19(28)23-16(20(2,3)4)14-24-11-9-21(5,6)12-17(24)26/h15-16H,7-14H2,1-6H3,(H2,22,23,28). The van der Waals surface area contributed by atoms with Crippen molar-refractivity contribution in [3.63, 3.8) is 0 Å². The maximum Gasteiger partial charge on any atom is 0.315 e. The zero-order valence-electron chi connectivity index (χ0n) is 18.4. The number of hydrogen-bond acceptors (Lipinski definition) is 3. The smallest absolute Gasteiger partial charge is 0.315 e. The van der Waals surface area contributed by atoms with Crippen LogP contribution in [0.5, 0.6) is 0 Å². The Morgan fingerprint density at radius 3 is 2.46 bits per heavy atom. The first-order valence-corrected chi connectivity index (χ1v) is 10.5. The zero-order valence-corrected chi connectivity index (χ0v) is 18.4. The van der Waals surface area contributed by atoms with E-state index in [1.807, 2.05) is 37.5 Å². The molecule has 0 bridgehead atoms. The molecule has 2 heterocycles. The molecular weight excluding hydrogens is 356 g/mol. The molecule has 0 aromatic carbocycles. The quantitative estimate of drug-likeness (QED) is 0.751. The summed E-state index contributed by atoms with van der Waals surface area (Å²) >= 11 is 0. The molecule has 0 aliphatic carbocycles. The van der Waals surface area contributed by atoms with E-state index >= 15 is 0 Å². The van der Waals surface area contributed by atoms with Crippen LogP contribution >= 0.6 is 0 Å². The van der Waals surface area contributed by atoms with E-state index in [9.17, 15) is 14.4 Å². The Labute approximate surface area is 169 Å². The lowest BCUT2D eigenvalue weighted by Gasteiger charge is -2.41. The average molecular weight is 395 g/mol. The van der Waals surface area contributed by atoms with Crippen molar-refractivity contribution in [1.29, 1.82) is 0 Å². The normalized spacial score (nSPS) is 23.5. The van der Waals surface area contributed by atoms with Gasteiger partial charge < -0.3 is 20.4 Å². The maximum atomic E-state index is 12.5. The summed E-state index contributed by atoms with van der Waals surface area (Å²) in [6, 6.07) is -0.308. The van der Waals surface area contributed by atoms with Gasteiger partial charge >= 0.3 is 6.03 Å². The molecule has 2 fully saturated rings. The van der Waals surface area contributed by atoms with Crippen molar-refractivity contribution in [2.75, 3.05) is 26.2 Å². The Kier molecular flexibility index (Phi) is 6.99. The Morgan fingerprint density at radius 1 is 1.25 bits per heavy atom. The molecule has 7 heteroatoms. The predicted molar refractivity (Wildman–Crippen MR) is 110 cm³/mol. The van der Waals surface area contributed by atoms with Crippen molar-refractivity contribution in [2.24, 2.45) is 10.8 Å². The van der Waals surface area contributed by atoms with Crippen LogP contribution in [0.1, 0.15) is 67.2 Å². The van der Waals surface area contributed by atoms with Gasteiger partial charge in [-0.15, -0.1) is 0 Å². The maximum absolute atomic E-state index is 12.5. The van der Waals surface area contributed by atoms with Gasteiger partial charge in [-0.1, -0.05) is 34.6 Å². The fraction of sp³-hybridized carbons (Fsp3) is 0.857. The largest absolute Gasteiger partial charge is 0.341 e. The van der Waals surface area contributed by atoms with E-state index in [1.54, 1.807) is 0 Å². The SMILES string of the molecule is CC1CCCN1C(=O)CNC(=O)NC(CN1CCC(C)(C)CC1=O)C(C)(C)C. The van der Waals surface area contributed by atoms with Gasteiger partial charge in [0.15, 0.2) is 0 Å². The first-order chi connectivity index (χ1) is 12.9. The minimum Gasteiger partial charge on any atom is -0.341 e. The van der Waals surface area contributed by atoms with E-state index in [4.69, 9.17) is 0 Å². The number of nitrogens with one attached hydrogen (secondary N) is 2. The highest BCUT2D eigenvalue weighted by Crippen LogP contribution is 2.31. The summed E-state index contributed by atoms with van der Waals surface area (Å²) in [6.07, 6.45) is 3.54. The highest BCUT2D eigenvalue weighted by molar-refractivity contribution is 5.84. The second kappa shape index (κ2) is 8.70. The second-order valence-corrected chi connectivity index (χ2v) is 10.3. The molecule has 160 valence electrons. The Morgan fingerprint density at radius 2 is 1.93 bits per heavy atom. The number of nitrogens with zero attached hydrogens (tertiary/aromatic N) is 2. The molecule has 2 atom stereocenters. The van der Waals surface area contributed by atoms with Gasteiger partial charge in [0.1, 0.15) is 0 Å². The van der Waals surface area contributed by atoms with Crippen LogP contribution in [0.3, 0.4) is 0 Å². The van der Waals surface area contributed by atoms with E-state index in [2.05, 4.69) is 24.5 Å². The first-order valence-electron chi connectivity index (χ1n) is 10.5. The molecule has 2 unspecified atom stereocenters. The van der Waals surface area contributed by atoms with Crippen LogP contribution in [0.4, 0.5) is 4.79 Å². The summed E-state index contributed by atoms with van der Waals surface area (Å²) in [7, 11) is 0. The first kappa shape index (κ1) is 22.5. The Bertz CT molecular complexity index is 597. The van der Waals surface area contributed by atoms with E-state index in [1.165, 1.54) is 0 Å². The molecule has 2 saturated heterocycles. The number of urea groups is 1. The van der Waals surface area contributed by atoms with Gasteiger partial charge in [0, 0.05) is 32.1 Å². The molecular formula is C21H38N4O3. The summed E-state index contributed by atoms with van der Waals surface area (Å²) in [6.45, 7) is 14.4. The number of amides is 4. The highest BCUT2D eigenvalue weighted by atomic mass is 16.2. The molecule has 0 saturated carbocycles. The second-order valence-electron chi connectivity index (χ2n) is 10.3. The minimum atomic E-state index is -0.357. The van der Waals surface area contributed by atoms with Gasteiger partial charge in [-0.25, -0.2) is 4.79 Å². The summed E-state index contributed by atoms with van der Waals surface area (Å²) in [4.78, 5) is 40.9. The van der Waals surface area contributed by atoms with Crippen molar-refractivity contribution in [2.45, 2.75) is 79.3 Å². The van der Waals surface area contributed by atoms with Gasteiger partial charge in [0.05, 0.1) is 12.6 Å². The fourth-order valence-electron chi connectivity index (χ4n) is 3.89. The minimum absolute atomic E-state index is 0.00384. The number of hydrogen-bond donors (Lipinski definition) is 2. The van der Waals surface area contributed by atoms with E-state index in [-0.39, 0.29) is 47.3 Å². The molecule has 0 radical (unpaired) electrons.